The summed E-state index contributed by atoms with van der Waals surface area (Å²) < 4.78 is 0. The van der Waals surface area contributed by atoms with Gasteiger partial charge in [-0.2, -0.15) is 0 Å². The molecule has 1 aliphatic heterocycles. The average molecular weight is 2020 g/mol. The minimum atomic E-state index is -2.02. The standard InChI is InChI=1S/C90H127N29O25/c1-6-46(4)75(118-80(133)58(20-22-69(93)122)109-81(134)60(26-45(2)3)112-86(139)63(30-51-36-97-42-103-51)111-76(129)56(92)27-48-12-16-54(120)17-13-48)88(141)117-65(32-53-38-99-44-105-53)84(137)108-57(10-7-8-24-91)79(132)114-66(33-71(95)124)77(130)101-40-73(126)107-62(29-50-35-96-41-102-50)83(136)113-61(28-49-14-18-55(121)19-15-49)82(135)115-67(34-74(127)128)78(131)100-39-72(125)106-47(5)89(142)119-25-9-11-68(119)87(140)116-64(31-52-37-98-43-104-52)85(138)110-59(90(143)144)21-23-70(94)123/h12-19,35-38,41-47,56-68,75,120-121H,6-11,20-34,39-40,91-92H2,1-5H3,(H2,93,122)(H2,94,123)(H2,95,124)(H,96,102)(H,97,103)(H,98,104)(H,99,105)(H,100,131)(H,101,130)(H,106,125)(H,107,126)(H,108,137)(H,109,134)(H,110,138)(H,111,129)(H,112,139)(H,113,136)(H,114,132)(H,115,135)(H,116,140)(H,117,141)(H,118,133)(H,127,128)(H,143,144)/t46-,47-,56-,57-,58-,59-,60-,61-,62-,63-,64-,65-,66-,67-,68-,75-/m0/s1. The number of carboxylic acid groups (broad SMARTS) is 2. The number of amides is 19. The van der Waals surface area contributed by atoms with Crippen LogP contribution in [0.5, 0.6) is 11.5 Å². The number of nitrogens with two attached hydrogens (primary N) is 5. The molecule has 0 unspecified atom stereocenters. The van der Waals surface area contributed by atoms with Crippen LogP contribution in [0.25, 0.3) is 0 Å². The molecule has 0 radical (unpaired) electrons. The second-order valence-electron chi connectivity index (χ2n) is 35.0. The maximum Gasteiger partial charge on any atom is 0.326 e. The highest BCUT2D eigenvalue weighted by Crippen LogP contribution is 2.22. The Morgan fingerprint density at radius 3 is 1.24 bits per heavy atom. The Kier molecular flexibility index (Phi) is 45.7. The molecule has 19 amide bonds. The van der Waals surface area contributed by atoms with Crippen molar-refractivity contribution in [2.24, 2.45) is 40.5 Å². The van der Waals surface area contributed by atoms with Crippen molar-refractivity contribution < 1.29 is 121 Å². The van der Waals surface area contributed by atoms with Crippen LogP contribution in [0.2, 0.25) is 0 Å². The van der Waals surface area contributed by atoms with Crippen molar-refractivity contribution in [2.75, 3.05) is 26.2 Å². The lowest BCUT2D eigenvalue weighted by Crippen LogP contribution is -2.61. The first-order valence-corrected chi connectivity index (χ1v) is 46.4. The molecule has 144 heavy (non-hydrogen) atoms. The topological polar surface area (TPSA) is 868 Å². The molecule has 1 saturated heterocycles. The third kappa shape index (κ3) is 38.7. The van der Waals surface area contributed by atoms with Crippen LogP contribution in [0.1, 0.15) is 152 Å². The van der Waals surface area contributed by atoms with Gasteiger partial charge in [0, 0.05) is 99.1 Å². The summed E-state index contributed by atoms with van der Waals surface area (Å²) in [6.07, 6.45) is 5.65. The van der Waals surface area contributed by atoms with E-state index in [0.717, 1.165) is 4.90 Å². The fraction of sp³-hybridized carbons (Fsp3) is 0.500. The fourth-order valence-electron chi connectivity index (χ4n) is 15.1. The molecule has 6 aromatic rings. The van der Waals surface area contributed by atoms with Gasteiger partial charge in [-0.1, -0.05) is 58.4 Å². The molecule has 33 N–H and O–H groups in total. The minimum Gasteiger partial charge on any atom is -0.508 e. The Balaban J connectivity index is 1.01. The van der Waals surface area contributed by atoms with E-state index in [1.165, 1.54) is 93.4 Å². The number of unbranched alkanes of at least 4 members (excludes halogenated alkanes) is 1. The minimum absolute atomic E-state index is 0.00703. The lowest BCUT2D eigenvalue weighted by Gasteiger charge is -2.30. The summed E-state index contributed by atoms with van der Waals surface area (Å²) in [4.78, 5) is 317. The van der Waals surface area contributed by atoms with Crippen molar-refractivity contribution in [3.63, 3.8) is 0 Å². The summed E-state index contributed by atoms with van der Waals surface area (Å²) in [5.74, 6) is -23.8. The van der Waals surface area contributed by atoms with Gasteiger partial charge in [-0.05, 0) is 118 Å². The van der Waals surface area contributed by atoms with E-state index in [1.807, 2.05) is 0 Å². The van der Waals surface area contributed by atoms with Gasteiger partial charge in [0.15, 0.2) is 0 Å². The van der Waals surface area contributed by atoms with E-state index in [4.69, 9.17) is 28.7 Å². The Hall–Kier alpha value is -16.3. The van der Waals surface area contributed by atoms with Crippen LogP contribution in [0, 0.1) is 11.8 Å². The number of carbonyl (C=O) groups is 21. The maximum absolute atomic E-state index is 14.9. The smallest absolute Gasteiger partial charge is 0.326 e. The molecule has 5 heterocycles. The van der Waals surface area contributed by atoms with Gasteiger partial charge in [0.1, 0.15) is 96.1 Å². The van der Waals surface area contributed by atoms with Crippen molar-refractivity contribution in [3.8, 4) is 11.5 Å². The van der Waals surface area contributed by atoms with Gasteiger partial charge in [-0.25, -0.2) is 24.7 Å². The van der Waals surface area contributed by atoms with E-state index >= 15 is 0 Å². The van der Waals surface area contributed by atoms with E-state index in [1.54, 1.807) is 39.8 Å². The number of carbonyl (C=O) groups excluding carboxylic acids is 19. The summed E-state index contributed by atoms with van der Waals surface area (Å²) in [6.45, 7) is 6.06. The number of hydrogen-bond acceptors (Lipinski definition) is 29. The zero-order valence-corrected chi connectivity index (χ0v) is 79.8. The molecule has 0 aliphatic carbocycles. The van der Waals surface area contributed by atoms with Crippen molar-refractivity contribution >= 4 is 124 Å². The number of H-pyrrole nitrogens is 4. The van der Waals surface area contributed by atoms with Gasteiger partial charge in [0.05, 0.1) is 57.3 Å². The van der Waals surface area contributed by atoms with Crippen molar-refractivity contribution in [1.29, 1.82) is 0 Å². The van der Waals surface area contributed by atoms with E-state index in [2.05, 4.69) is 120 Å². The largest absolute Gasteiger partial charge is 0.508 e. The molecule has 782 valence electrons. The van der Waals surface area contributed by atoms with E-state index in [9.17, 15) is 121 Å². The summed E-state index contributed by atoms with van der Waals surface area (Å²) in [5.41, 5.74) is 30.6. The van der Waals surface area contributed by atoms with Gasteiger partial charge in [-0.3, -0.25) is 95.9 Å². The molecule has 1 aliphatic rings. The first kappa shape index (κ1) is 115. The number of phenolic OH excluding ortho intramolecular Hbond substituents is 2. The van der Waals surface area contributed by atoms with Crippen LogP contribution < -0.4 is 108 Å². The molecular weight excluding hydrogens is 1890 g/mol. The Bertz CT molecular complexity index is 5380. The normalized spacial score (nSPS) is 15.3. The highest BCUT2D eigenvalue weighted by Gasteiger charge is 2.42. The molecule has 1 fully saturated rings. The zero-order valence-electron chi connectivity index (χ0n) is 79.8. The average Bonchev–Trinajstić information content (AvgIpc) is 1.67. The molecule has 7 rings (SSSR count). The first-order valence-electron chi connectivity index (χ1n) is 46.4. The highest BCUT2D eigenvalue weighted by atomic mass is 16.4. The third-order valence-corrected chi connectivity index (χ3v) is 23.0. The second-order valence-corrected chi connectivity index (χ2v) is 35.0. The van der Waals surface area contributed by atoms with Crippen LogP contribution in [-0.4, -0.2) is 306 Å². The molecule has 0 bridgehead atoms. The Morgan fingerprint density at radius 1 is 0.417 bits per heavy atom. The van der Waals surface area contributed by atoms with Crippen molar-refractivity contribution in [2.45, 2.75) is 247 Å². The van der Waals surface area contributed by atoms with Gasteiger partial charge in [0.25, 0.3) is 0 Å². The molecule has 0 saturated carbocycles. The number of carboxylic acids is 2. The van der Waals surface area contributed by atoms with Gasteiger partial charge >= 0.3 is 11.9 Å². The highest BCUT2D eigenvalue weighted by molar-refractivity contribution is 6.02. The lowest BCUT2D eigenvalue weighted by molar-refractivity contribution is -0.143. The van der Waals surface area contributed by atoms with Gasteiger partial charge in [-0.15, -0.1) is 0 Å². The molecule has 0 spiro atoms. The summed E-state index contributed by atoms with van der Waals surface area (Å²) in [7, 11) is 0. The quantitative estimate of drug-likeness (QED) is 0.0158. The molecular formula is C90H127N29O25. The van der Waals surface area contributed by atoms with Crippen LogP contribution >= 0.6 is 0 Å². The summed E-state index contributed by atoms with van der Waals surface area (Å²) in [5, 5.41) is 76.7. The summed E-state index contributed by atoms with van der Waals surface area (Å²) in [6, 6.07) is -12.5. The second kappa shape index (κ2) is 57.4. The van der Waals surface area contributed by atoms with Crippen LogP contribution in [0.3, 0.4) is 0 Å². The number of phenols is 2. The Morgan fingerprint density at radius 2 is 0.799 bits per heavy atom. The SMILES string of the molecule is CC[C@H](C)[C@H](NC(=O)[C@H](CCC(N)=O)NC(=O)[C@H](CC(C)C)NC(=O)[C@H](Cc1cnc[nH]1)NC(=O)[C@@H](N)Cc1ccc(O)cc1)C(=O)N[C@@H](Cc1cnc[nH]1)C(=O)N[C@@H](CCCCN)C(=O)N[C@@H](CC(N)=O)C(=O)NCC(=O)N[C@@H](Cc1cnc[nH]1)C(=O)N[C@@H](Cc1ccc(O)cc1)C(=O)N[C@@H](CC(=O)O)C(=O)NCC(=O)N[C@@H](C)C(=O)N1CCC[C@H]1C(=O)N[C@@H](Cc1cnc[nH]1)C(=O)N[C@@H](CCC(N)=O)C(=O)O. The number of benzene rings is 2. The van der Waals surface area contributed by atoms with Gasteiger partial charge in [0.2, 0.25) is 112 Å². The number of imidazole rings is 4. The van der Waals surface area contributed by atoms with E-state index < -0.39 is 279 Å². The van der Waals surface area contributed by atoms with Crippen molar-refractivity contribution in [3.05, 3.63) is 133 Å². The van der Waals surface area contributed by atoms with E-state index in [-0.39, 0.29) is 125 Å². The molecule has 54 heteroatoms. The number of hydrogen-bond donors (Lipinski definition) is 28. The molecule has 2 aromatic carbocycles. The maximum atomic E-state index is 14.9. The number of likely N-dealkylation sites (tertiary alicyclic amines) is 1. The van der Waals surface area contributed by atoms with Crippen molar-refractivity contribution in [1.82, 2.24) is 125 Å². The molecule has 16 atom stereocenters. The molecule has 4 aromatic heterocycles. The number of aromatic nitrogens is 8. The Labute approximate surface area is 824 Å². The molecule has 54 nitrogen and oxygen atoms in total. The lowest BCUT2D eigenvalue weighted by atomic mass is 9.96. The van der Waals surface area contributed by atoms with Crippen LogP contribution in [0.15, 0.2) is 98.6 Å². The number of primary amides is 3. The number of aliphatic carboxylic acids is 2. The number of rotatable bonds is 62. The number of nitrogens with zero attached hydrogens (tertiary/aromatic N) is 5. The monoisotopic (exact) mass is 2010 g/mol. The van der Waals surface area contributed by atoms with E-state index in [0.29, 0.717) is 17.0 Å². The first-order chi connectivity index (χ1) is 68.4. The van der Waals surface area contributed by atoms with Crippen LogP contribution in [-0.2, 0) is 139 Å². The third-order valence-electron chi connectivity index (χ3n) is 23.0. The van der Waals surface area contributed by atoms with Crippen LogP contribution in [0.4, 0.5) is 0 Å². The van der Waals surface area contributed by atoms with Gasteiger partial charge < -0.3 is 154 Å². The zero-order chi connectivity index (χ0) is 106. The predicted molar refractivity (Wildman–Crippen MR) is 505 cm³/mol. The number of aromatic amines is 4. The number of nitrogens with one attached hydrogen (secondary N) is 19. The number of aromatic hydroxyl groups is 2. The fourth-order valence-corrected chi connectivity index (χ4v) is 15.1. The summed E-state index contributed by atoms with van der Waals surface area (Å²) >= 11 is 0. The predicted octanol–water partition coefficient (Wildman–Crippen LogP) is -8.19.